The number of carbonyl (C=O) groups is 1. The molecule has 6 heteroatoms. The predicted molar refractivity (Wildman–Crippen MR) is 72.5 cm³/mol. The van der Waals surface area contributed by atoms with Crippen molar-refractivity contribution >= 4 is 5.91 Å². The van der Waals surface area contributed by atoms with Gasteiger partial charge in [-0.15, -0.1) is 0 Å². The Bertz CT molecular complexity index is 427. The maximum atomic E-state index is 12.3. The number of halogens is 2. The molecule has 0 aliphatic rings. The van der Waals surface area contributed by atoms with Crippen LogP contribution in [0.4, 0.5) is 8.78 Å². The van der Waals surface area contributed by atoms with Crippen LogP contribution < -0.4 is 15.8 Å². The fraction of sp³-hybridized carbons (Fsp3) is 0.500. The summed E-state index contributed by atoms with van der Waals surface area (Å²) in [5.74, 6) is -0.131. The van der Waals surface area contributed by atoms with E-state index in [1.807, 2.05) is 6.92 Å². The number of unbranched alkanes of at least 4 members (excludes halogenated alkanes) is 1. The van der Waals surface area contributed by atoms with Crippen LogP contribution in [0.5, 0.6) is 5.75 Å². The SMILES string of the molecule is CC(NCCCCC(N)=O)c1ccccc1OC(F)F. The first-order valence-corrected chi connectivity index (χ1v) is 6.56. The van der Waals surface area contributed by atoms with Gasteiger partial charge in [-0.05, 0) is 32.4 Å². The minimum Gasteiger partial charge on any atom is -0.434 e. The van der Waals surface area contributed by atoms with Gasteiger partial charge in [0.25, 0.3) is 0 Å². The molecule has 1 atom stereocenters. The first-order valence-electron chi connectivity index (χ1n) is 6.56. The highest BCUT2D eigenvalue weighted by atomic mass is 19.3. The van der Waals surface area contributed by atoms with Gasteiger partial charge in [0.05, 0.1) is 0 Å². The fourth-order valence-corrected chi connectivity index (χ4v) is 1.89. The van der Waals surface area contributed by atoms with E-state index in [0.29, 0.717) is 24.9 Å². The minimum absolute atomic E-state index is 0.112. The molecular formula is C14H20F2N2O2. The molecule has 0 aliphatic heterocycles. The molecule has 1 rings (SSSR count). The van der Waals surface area contributed by atoms with Gasteiger partial charge in [-0.1, -0.05) is 18.2 Å². The molecule has 4 nitrogen and oxygen atoms in total. The third kappa shape index (κ3) is 5.97. The standard InChI is InChI=1S/C14H20F2N2O2/c1-10(18-9-5-4-8-13(17)19)11-6-2-3-7-12(11)20-14(15)16/h2-3,6-7,10,14,18H,4-5,8-9H2,1H3,(H2,17,19). The van der Waals surface area contributed by atoms with Crippen LogP contribution in [0.2, 0.25) is 0 Å². The number of amides is 1. The van der Waals surface area contributed by atoms with Gasteiger partial charge in [-0.2, -0.15) is 8.78 Å². The van der Waals surface area contributed by atoms with E-state index in [9.17, 15) is 13.6 Å². The zero-order chi connectivity index (χ0) is 15.0. The second-order valence-corrected chi connectivity index (χ2v) is 4.52. The number of hydrogen-bond donors (Lipinski definition) is 2. The zero-order valence-corrected chi connectivity index (χ0v) is 11.4. The summed E-state index contributed by atoms with van der Waals surface area (Å²) in [6.07, 6.45) is 1.87. The molecule has 1 aromatic carbocycles. The zero-order valence-electron chi connectivity index (χ0n) is 11.4. The van der Waals surface area contributed by atoms with E-state index in [0.717, 1.165) is 6.42 Å². The molecule has 0 radical (unpaired) electrons. The Morgan fingerprint density at radius 1 is 1.35 bits per heavy atom. The van der Waals surface area contributed by atoms with Crippen LogP contribution >= 0.6 is 0 Å². The quantitative estimate of drug-likeness (QED) is 0.686. The molecule has 0 fully saturated rings. The molecule has 1 aromatic rings. The van der Waals surface area contributed by atoms with Gasteiger partial charge in [0.1, 0.15) is 5.75 Å². The summed E-state index contributed by atoms with van der Waals surface area (Å²) in [6.45, 7) is -0.280. The molecule has 112 valence electrons. The number of benzene rings is 1. The molecule has 0 heterocycles. The Kier molecular flexibility index (Phi) is 6.93. The van der Waals surface area contributed by atoms with Crippen molar-refractivity contribution in [2.45, 2.75) is 38.8 Å². The second-order valence-electron chi connectivity index (χ2n) is 4.52. The molecule has 0 saturated carbocycles. The predicted octanol–water partition coefficient (Wildman–Crippen LogP) is 2.59. The number of primary amides is 1. The lowest BCUT2D eigenvalue weighted by molar-refractivity contribution is -0.118. The van der Waals surface area contributed by atoms with Crippen molar-refractivity contribution in [3.63, 3.8) is 0 Å². The van der Waals surface area contributed by atoms with Crippen LogP contribution in [0, 0.1) is 0 Å². The van der Waals surface area contributed by atoms with Crippen molar-refractivity contribution in [1.82, 2.24) is 5.32 Å². The van der Waals surface area contributed by atoms with E-state index in [2.05, 4.69) is 10.1 Å². The van der Waals surface area contributed by atoms with Crippen molar-refractivity contribution in [2.24, 2.45) is 5.73 Å². The van der Waals surface area contributed by atoms with E-state index in [1.165, 1.54) is 6.07 Å². The lowest BCUT2D eigenvalue weighted by Crippen LogP contribution is -2.21. The van der Waals surface area contributed by atoms with Crippen LogP contribution in [0.25, 0.3) is 0 Å². The van der Waals surface area contributed by atoms with Crippen LogP contribution in [0.3, 0.4) is 0 Å². The molecule has 0 aromatic heterocycles. The van der Waals surface area contributed by atoms with Crippen molar-refractivity contribution < 1.29 is 18.3 Å². The lowest BCUT2D eigenvalue weighted by atomic mass is 10.1. The molecule has 0 spiro atoms. The van der Waals surface area contributed by atoms with Crippen LogP contribution in [0.15, 0.2) is 24.3 Å². The Balaban J connectivity index is 2.46. The van der Waals surface area contributed by atoms with Crippen molar-refractivity contribution in [3.05, 3.63) is 29.8 Å². The van der Waals surface area contributed by atoms with Crippen molar-refractivity contribution in [3.8, 4) is 5.75 Å². The highest BCUT2D eigenvalue weighted by Crippen LogP contribution is 2.26. The first-order chi connectivity index (χ1) is 9.50. The van der Waals surface area contributed by atoms with Crippen molar-refractivity contribution in [1.29, 1.82) is 0 Å². The van der Waals surface area contributed by atoms with Gasteiger partial charge < -0.3 is 15.8 Å². The summed E-state index contributed by atoms with van der Waals surface area (Å²) in [6, 6.07) is 6.59. The fourth-order valence-electron chi connectivity index (χ4n) is 1.89. The number of hydrogen-bond acceptors (Lipinski definition) is 3. The van der Waals surface area contributed by atoms with Crippen LogP contribution in [0.1, 0.15) is 37.8 Å². The van der Waals surface area contributed by atoms with Crippen LogP contribution in [-0.2, 0) is 4.79 Å². The molecule has 20 heavy (non-hydrogen) atoms. The Morgan fingerprint density at radius 3 is 2.70 bits per heavy atom. The summed E-state index contributed by atoms with van der Waals surface area (Å²) in [7, 11) is 0. The maximum absolute atomic E-state index is 12.3. The smallest absolute Gasteiger partial charge is 0.387 e. The summed E-state index contributed by atoms with van der Waals surface area (Å²) in [5, 5.41) is 3.21. The first kappa shape index (κ1) is 16.4. The summed E-state index contributed by atoms with van der Waals surface area (Å²) < 4.78 is 29.1. The largest absolute Gasteiger partial charge is 0.434 e. The van der Waals surface area contributed by atoms with Gasteiger partial charge in [0.15, 0.2) is 0 Å². The third-order valence-corrected chi connectivity index (χ3v) is 2.90. The minimum atomic E-state index is -2.83. The normalized spacial score (nSPS) is 12.4. The van der Waals surface area contributed by atoms with E-state index in [4.69, 9.17) is 5.73 Å². The Morgan fingerprint density at radius 2 is 2.05 bits per heavy atom. The van der Waals surface area contributed by atoms with Gasteiger partial charge in [-0.3, -0.25) is 4.79 Å². The highest BCUT2D eigenvalue weighted by Gasteiger charge is 2.13. The van der Waals surface area contributed by atoms with Gasteiger partial charge in [-0.25, -0.2) is 0 Å². The molecule has 0 aliphatic carbocycles. The van der Waals surface area contributed by atoms with E-state index < -0.39 is 6.61 Å². The van der Waals surface area contributed by atoms with Gasteiger partial charge in [0.2, 0.25) is 5.91 Å². The van der Waals surface area contributed by atoms with E-state index >= 15 is 0 Å². The van der Waals surface area contributed by atoms with Crippen LogP contribution in [-0.4, -0.2) is 19.1 Å². The van der Waals surface area contributed by atoms with Gasteiger partial charge >= 0.3 is 6.61 Å². The molecule has 0 saturated heterocycles. The van der Waals surface area contributed by atoms with Crippen molar-refractivity contribution in [2.75, 3.05) is 6.54 Å². The summed E-state index contributed by atoms with van der Waals surface area (Å²) >= 11 is 0. The second kappa shape index (κ2) is 8.47. The summed E-state index contributed by atoms with van der Waals surface area (Å²) in [4.78, 5) is 10.6. The lowest BCUT2D eigenvalue weighted by Gasteiger charge is -2.18. The average molecular weight is 286 g/mol. The number of nitrogens with two attached hydrogens (primary N) is 1. The monoisotopic (exact) mass is 286 g/mol. The summed E-state index contributed by atoms with van der Waals surface area (Å²) in [5.41, 5.74) is 5.73. The van der Waals surface area contributed by atoms with Gasteiger partial charge in [0, 0.05) is 18.0 Å². The number of alkyl halides is 2. The highest BCUT2D eigenvalue weighted by molar-refractivity contribution is 5.73. The number of rotatable bonds is 9. The van der Waals surface area contributed by atoms with E-state index in [-0.39, 0.29) is 17.7 Å². The molecule has 3 N–H and O–H groups in total. The Labute approximate surface area is 117 Å². The number of ether oxygens (including phenoxy) is 1. The topological polar surface area (TPSA) is 64.3 Å². The maximum Gasteiger partial charge on any atom is 0.387 e. The number of carbonyl (C=O) groups excluding carboxylic acids is 1. The average Bonchev–Trinajstić information content (AvgIpc) is 2.37. The molecular weight excluding hydrogens is 266 g/mol. The van der Waals surface area contributed by atoms with E-state index in [1.54, 1.807) is 18.2 Å². The molecule has 0 bridgehead atoms. The number of nitrogens with one attached hydrogen (secondary N) is 1. The number of para-hydroxylation sites is 1. The molecule has 1 amide bonds. The molecule has 1 unspecified atom stereocenters. The third-order valence-electron chi connectivity index (χ3n) is 2.90. The Hall–Kier alpha value is -1.69.